The lowest BCUT2D eigenvalue weighted by Crippen LogP contribution is -2.31. The first-order valence-electron chi connectivity index (χ1n) is 8.15. The van der Waals surface area contributed by atoms with Crippen molar-refractivity contribution in [2.75, 3.05) is 6.54 Å². The Kier molecular flexibility index (Phi) is 6.10. The maximum Gasteiger partial charge on any atom is 0.0359 e. The van der Waals surface area contributed by atoms with Crippen LogP contribution in [0.5, 0.6) is 0 Å². The highest BCUT2D eigenvalue weighted by atomic mass is 79.9. The van der Waals surface area contributed by atoms with Crippen LogP contribution in [-0.4, -0.2) is 6.54 Å². The Balaban J connectivity index is 2.16. The van der Waals surface area contributed by atoms with Crippen LogP contribution in [0.1, 0.15) is 63.1 Å². The Morgan fingerprint density at radius 1 is 1.20 bits per heavy atom. The van der Waals surface area contributed by atoms with Gasteiger partial charge in [-0.2, -0.15) is 0 Å². The second-order valence-corrected chi connectivity index (χ2v) is 7.10. The highest BCUT2D eigenvalue weighted by Crippen LogP contribution is 2.40. The molecule has 1 aromatic carbocycles. The molecule has 0 bridgehead atoms. The molecule has 1 saturated carbocycles. The molecule has 0 amide bonds. The van der Waals surface area contributed by atoms with Crippen LogP contribution >= 0.6 is 15.9 Å². The Labute approximate surface area is 132 Å². The Bertz CT molecular complexity index is 421. The van der Waals surface area contributed by atoms with Crippen LogP contribution < -0.4 is 5.32 Å². The number of nitrogens with one attached hydrogen (secondary N) is 1. The molecule has 2 rings (SSSR count). The molecule has 0 radical (unpaired) electrons. The normalized spacial score (nSPS) is 24.6. The summed E-state index contributed by atoms with van der Waals surface area (Å²) in [6, 6.07) is 7.24. The molecule has 2 heteroatoms. The van der Waals surface area contributed by atoms with Crippen LogP contribution in [0, 0.1) is 18.8 Å². The molecule has 1 unspecified atom stereocenters. The summed E-state index contributed by atoms with van der Waals surface area (Å²) in [7, 11) is 0. The maximum atomic E-state index is 3.75. The molecule has 1 fully saturated rings. The monoisotopic (exact) mass is 337 g/mol. The molecule has 20 heavy (non-hydrogen) atoms. The minimum Gasteiger partial charge on any atom is -0.310 e. The largest absolute Gasteiger partial charge is 0.310 e. The van der Waals surface area contributed by atoms with E-state index in [4.69, 9.17) is 0 Å². The molecule has 0 heterocycles. The minimum atomic E-state index is 0.507. The number of benzene rings is 1. The predicted molar refractivity (Wildman–Crippen MR) is 91.0 cm³/mol. The second-order valence-electron chi connectivity index (χ2n) is 6.25. The van der Waals surface area contributed by atoms with Gasteiger partial charge < -0.3 is 5.32 Å². The van der Waals surface area contributed by atoms with Crippen molar-refractivity contribution in [3.63, 3.8) is 0 Å². The second kappa shape index (κ2) is 7.61. The van der Waals surface area contributed by atoms with Crippen LogP contribution in [-0.2, 0) is 0 Å². The van der Waals surface area contributed by atoms with Crippen molar-refractivity contribution >= 4 is 15.9 Å². The zero-order chi connectivity index (χ0) is 14.5. The summed E-state index contributed by atoms with van der Waals surface area (Å²) in [5.74, 6) is 1.75. The molecule has 0 saturated heterocycles. The highest BCUT2D eigenvalue weighted by Gasteiger charge is 2.28. The number of hydrogen-bond donors (Lipinski definition) is 1. The predicted octanol–water partition coefficient (Wildman–Crippen LogP) is 5.62. The summed E-state index contributed by atoms with van der Waals surface area (Å²) in [5, 5.41) is 3.74. The average molecular weight is 338 g/mol. The summed E-state index contributed by atoms with van der Waals surface area (Å²) >= 11 is 3.75. The molecule has 0 aliphatic heterocycles. The smallest absolute Gasteiger partial charge is 0.0359 e. The summed E-state index contributed by atoms with van der Waals surface area (Å²) in [4.78, 5) is 0. The van der Waals surface area contributed by atoms with Gasteiger partial charge in [0.2, 0.25) is 0 Å². The molecule has 0 spiro atoms. The van der Waals surface area contributed by atoms with Gasteiger partial charge in [-0.3, -0.25) is 0 Å². The first-order valence-corrected chi connectivity index (χ1v) is 8.94. The van der Waals surface area contributed by atoms with Gasteiger partial charge in [-0.05, 0) is 49.8 Å². The van der Waals surface area contributed by atoms with Gasteiger partial charge in [0.25, 0.3) is 0 Å². The summed E-state index contributed by atoms with van der Waals surface area (Å²) in [6.07, 6.45) is 6.92. The van der Waals surface area contributed by atoms with E-state index in [1.165, 1.54) is 47.7 Å². The fourth-order valence-electron chi connectivity index (χ4n) is 3.58. The van der Waals surface area contributed by atoms with E-state index in [-0.39, 0.29) is 0 Å². The third-order valence-electron chi connectivity index (χ3n) is 4.85. The standard InChI is InChI=1S/C18H28BrN/c1-4-14-7-9-15(10-8-14)18(20-5-2)16-12-13(3)6-11-17(16)19/h6,11-12,14-15,18,20H,4-5,7-10H2,1-3H3. The molecule has 1 N–H and O–H groups in total. The van der Waals surface area contributed by atoms with Gasteiger partial charge in [0.05, 0.1) is 0 Å². The van der Waals surface area contributed by atoms with E-state index in [9.17, 15) is 0 Å². The highest BCUT2D eigenvalue weighted by molar-refractivity contribution is 9.10. The summed E-state index contributed by atoms with van der Waals surface area (Å²) < 4.78 is 1.26. The molecule has 1 aromatic rings. The van der Waals surface area contributed by atoms with Gasteiger partial charge in [0.1, 0.15) is 0 Å². The molecular formula is C18H28BrN. The van der Waals surface area contributed by atoms with E-state index in [1.807, 2.05) is 0 Å². The van der Waals surface area contributed by atoms with Gasteiger partial charge in [-0.15, -0.1) is 0 Å². The van der Waals surface area contributed by atoms with Crippen LogP contribution in [0.3, 0.4) is 0 Å². The van der Waals surface area contributed by atoms with Crippen LogP contribution in [0.25, 0.3) is 0 Å². The zero-order valence-corrected chi connectivity index (χ0v) is 14.7. The van der Waals surface area contributed by atoms with E-state index in [2.05, 4.69) is 60.2 Å². The third-order valence-corrected chi connectivity index (χ3v) is 5.57. The SMILES string of the molecule is CCNC(c1cc(C)ccc1Br)C1CCC(CC)CC1. The topological polar surface area (TPSA) is 12.0 Å². The summed E-state index contributed by atoms with van der Waals surface area (Å²) in [6.45, 7) is 7.78. The molecular weight excluding hydrogens is 310 g/mol. The van der Waals surface area contributed by atoms with Crippen LogP contribution in [0.15, 0.2) is 22.7 Å². The quantitative estimate of drug-likeness (QED) is 0.734. The van der Waals surface area contributed by atoms with Crippen molar-refractivity contribution in [2.24, 2.45) is 11.8 Å². The van der Waals surface area contributed by atoms with Gasteiger partial charge in [-0.1, -0.05) is 66.7 Å². The van der Waals surface area contributed by atoms with Gasteiger partial charge >= 0.3 is 0 Å². The van der Waals surface area contributed by atoms with E-state index in [0.29, 0.717) is 6.04 Å². The lowest BCUT2D eigenvalue weighted by atomic mass is 9.76. The molecule has 1 atom stereocenters. The van der Waals surface area contributed by atoms with Crippen LogP contribution in [0.4, 0.5) is 0 Å². The zero-order valence-electron chi connectivity index (χ0n) is 13.1. The lowest BCUT2D eigenvalue weighted by Gasteiger charge is -2.35. The van der Waals surface area contributed by atoms with Crippen molar-refractivity contribution in [1.29, 1.82) is 0 Å². The lowest BCUT2D eigenvalue weighted by molar-refractivity contribution is 0.219. The van der Waals surface area contributed by atoms with E-state index >= 15 is 0 Å². The first kappa shape index (κ1) is 16.0. The number of aryl methyl sites for hydroxylation is 1. The van der Waals surface area contributed by atoms with Crippen molar-refractivity contribution in [3.8, 4) is 0 Å². The molecule has 1 aliphatic carbocycles. The summed E-state index contributed by atoms with van der Waals surface area (Å²) in [5.41, 5.74) is 2.81. The van der Waals surface area contributed by atoms with Crippen molar-refractivity contribution < 1.29 is 0 Å². The molecule has 0 aromatic heterocycles. The first-order chi connectivity index (χ1) is 9.65. The third kappa shape index (κ3) is 3.85. The molecule has 1 aliphatic rings. The number of hydrogen-bond acceptors (Lipinski definition) is 1. The van der Waals surface area contributed by atoms with Crippen LogP contribution in [0.2, 0.25) is 0 Å². The maximum absolute atomic E-state index is 3.75. The van der Waals surface area contributed by atoms with E-state index in [1.54, 1.807) is 0 Å². The molecule has 1 nitrogen and oxygen atoms in total. The fraction of sp³-hybridized carbons (Fsp3) is 0.667. The van der Waals surface area contributed by atoms with E-state index in [0.717, 1.165) is 18.4 Å². The Hall–Kier alpha value is -0.340. The van der Waals surface area contributed by atoms with Gasteiger partial charge in [-0.25, -0.2) is 0 Å². The van der Waals surface area contributed by atoms with Crippen molar-refractivity contribution in [1.82, 2.24) is 5.32 Å². The minimum absolute atomic E-state index is 0.507. The molecule has 112 valence electrons. The average Bonchev–Trinajstić information content (AvgIpc) is 2.48. The van der Waals surface area contributed by atoms with Gasteiger partial charge in [0.15, 0.2) is 0 Å². The van der Waals surface area contributed by atoms with Crippen molar-refractivity contribution in [2.45, 2.75) is 58.9 Å². The van der Waals surface area contributed by atoms with Gasteiger partial charge in [0, 0.05) is 10.5 Å². The number of halogens is 1. The Morgan fingerprint density at radius 2 is 1.90 bits per heavy atom. The van der Waals surface area contributed by atoms with Crippen molar-refractivity contribution in [3.05, 3.63) is 33.8 Å². The fourth-order valence-corrected chi connectivity index (χ4v) is 4.08. The Morgan fingerprint density at radius 3 is 2.50 bits per heavy atom. The van der Waals surface area contributed by atoms with E-state index < -0.39 is 0 Å². The number of rotatable bonds is 5.